The Labute approximate surface area is 185 Å². The highest BCUT2D eigenvalue weighted by atomic mass is 32.2. The summed E-state index contributed by atoms with van der Waals surface area (Å²) in [7, 11) is 0. The summed E-state index contributed by atoms with van der Waals surface area (Å²) in [6.07, 6.45) is 8.08. The molecule has 156 valence electrons. The van der Waals surface area contributed by atoms with Crippen molar-refractivity contribution in [2.24, 2.45) is 0 Å². The second-order valence-electron chi connectivity index (χ2n) is 7.53. The molecule has 9 heteroatoms. The zero-order valence-electron chi connectivity index (χ0n) is 16.7. The minimum Gasteiger partial charge on any atom is -0.287 e. The van der Waals surface area contributed by atoms with Gasteiger partial charge in [0.2, 0.25) is 0 Å². The van der Waals surface area contributed by atoms with Gasteiger partial charge in [-0.2, -0.15) is 0 Å². The third kappa shape index (κ3) is 3.52. The summed E-state index contributed by atoms with van der Waals surface area (Å²) in [6.45, 7) is 2.85. The van der Waals surface area contributed by atoms with E-state index in [0.717, 1.165) is 59.6 Å². The minimum atomic E-state index is -0.0738. The Balaban J connectivity index is 1.52. The topological polar surface area (TPSA) is 69.3 Å². The van der Waals surface area contributed by atoms with Crippen LogP contribution in [-0.4, -0.2) is 18.9 Å². The maximum absolute atomic E-state index is 13.4. The normalized spacial score (nSPS) is 13.5. The van der Waals surface area contributed by atoms with Gasteiger partial charge in [-0.1, -0.05) is 31.5 Å². The Bertz CT molecular complexity index is 1350. The number of thioether (sulfide) groups is 1. The summed E-state index contributed by atoms with van der Waals surface area (Å²) < 4.78 is 3.40. The van der Waals surface area contributed by atoms with Crippen LogP contribution < -0.4 is 11.1 Å². The van der Waals surface area contributed by atoms with Crippen LogP contribution in [0.1, 0.15) is 48.7 Å². The summed E-state index contributed by atoms with van der Waals surface area (Å²) in [5.74, 6) is 0.514. The second kappa shape index (κ2) is 8.28. The standard InChI is InChI=1S/C21H22N4O2S3/c1-2-3-4-8-25-19(27)17-14-6-5-7-15(14)30-18(17)23-21(25)29-12-13-11-16(26)24-9-10-28-20(24)22-13/h9-11H,2-8,12H2,1H3. The van der Waals surface area contributed by atoms with Crippen LogP contribution in [0.2, 0.25) is 0 Å². The lowest BCUT2D eigenvalue weighted by Gasteiger charge is -2.12. The molecule has 0 amide bonds. The molecule has 0 N–H and O–H groups in total. The summed E-state index contributed by atoms with van der Waals surface area (Å²) in [5.41, 5.74) is 1.97. The molecule has 6 nitrogen and oxygen atoms in total. The van der Waals surface area contributed by atoms with Crippen LogP contribution in [0.4, 0.5) is 0 Å². The summed E-state index contributed by atoms with van der Waals surface area (Å²) in [5, 5.41) is 3.43. The second-order valence-corrected chi connectivity index (χ2v) is 10.4. The van der Waals surface area contributed by atoms with Crippen molar-refractivity contribution < 1.29 is 0 Å². The Morgan fingerprint density at radius 1 is 1.20 bits per heavy atom. The van der Waals surface area contributed by atoms with Crippen LogP contribution in [0, 0.1) is 0 Å². The maximum Gasteiger partial charge on any atom is 0.263 e. The van der Waals surface area contributed by atoms with E-state index in [-0.39, 0.29) is 11.1 Å². The minimum absolute atomic E-state index is 0.0738. The summed E-state index contributed by atoms with van der Waals surface area (Å²) >= 11 is 4.62. The highest BCUT2D eigenvalue weighted by Crippen LogP contribution is 2.36. The first-order valence-electron chi connectivity index (χ1n) is 10.3. The molecule has 0 fully saturated rings. The van der Waals surface area contributed by atoms with Crippen molar-refractivity contribution in [1.82, 2.24) is 18.9 Å². The lowest BCUT2D eigenvalue weighted by atomic mass is 10.2. The molecule has 4 heterocycles. The molecule has 0 saturated carbocycles. The lowest BCUT2D eigenvalue weighted by Crippen LogP contribution is -2.23. The van der Waals surface area contributed by atoms with Gasteiger partial charge in [-0.05, 0) is 31.2 Å². The highest BCUT2D eigenvalue weighted by molar-refractivity contribution is 7.98. The van der Waals surface area contributed by atoms with E-state index in [2.05, 4.69) is 11.9 Å². The maximum atomic E-state index is 13.4. The molecule has 1 aliphatic rings. The molecular formula is C21H22N4O2S3. The molecule has 0 spiro atoms. The smallest absolute Gasteiger partial charge is 0.263 e. The van der Waals surface area contributed by atoms with Gasteiger partial charge in [0, 0.05) is 34.8 Å². The predicted octanol–water partition coefficient (Wildman–Crippen LogP) is 4.50. The van der Waals surface area contributed by atoms with Gasteiger partial charge in [0.05, 0.1) is 11.1 Å². The fraction of sp³-hybridized carbons (Fsp3) is 0.429. The SMILES string of the molecule is CCCCCn1c(SCc2cc(=O)n3ccsc3n2)nc2sc3c(c2c1=O)CCC3. The van der Waals surface area contributed by atoms with E-state index in [1.807, 2.05) is 9.95 Å². The number of thiophene rings is 1. The number of thiazole rings is 1. The molecule has 1 aliphatic carbocycles. The van der Waals surface area contributed by atoms with Crippen molar-refractivity contribution in [2.75, 3.05) is 0 Å². The zero-order valence-corrected chi connectivity index (χ0v) is 19.2. The van der Waals surface area contributed by atoms with Gasteiger partial charge in [-0.15, -0.1) is 22.7 Å². The van der Waals surface area contributed by atoms with Crippen LogP contribution in [0.15, 0.2) is 32.4 Å². The van der Waals surface area contributed by atoms with E-state index < -0.39 is 0 Å². The number of aryl methyl sites for hydroxylation is 2. The zero-order chi connectivity index (χ0) is 20.7. The van der Waals surface area contributed by atoms with Gasteiger partial charge in [0.25, 0.3) is 11.1 Å². The Morgan fingerprint density at radius 2 is 2.10 bits per heavy atom. The van der Waals surface area contributed by atoms with E-state index in [9.17, 15) is 9.59 Å². The van der Waals surface area contributed by atoms with Crippen molar-refractivity contribution in [3.05, 3.63) is 54.5 Å². The average molecular weight is 459 g/mol. The molecule has 0 aromatic carbocycles. The van der Waals surface area contributed by atoms with E-state index in [1.165, 1.54) is 33.5 Å². The van der Waals surface area contributed by atoms with Crippen LogP contribution >= 0.6 is 34.4 Å². The molecule has 30 heavy (non-hydrogen) atoms. The fourth-order valence-electron chi connectivity index (χ4n) is 3.99. The van der Waals surface area contributed by atoms with Gasteiger partial charge < -0.3 is 0 Å². The summed E-state index contributed by atoms with van der Waals surface area (Å²) in [4.78, 5) is 38.1. The predicted molar refractivity (Wildman–Crippen MR) is 124 cm³/mol. The number of fused-ring (bicyclic) bond motifs is 4. The number of hydrogen-bond donors (Lipinski definition) is 0. The molecule has 0 unspecified atom stereocenters. The van der Waals surface area contributed by atoms with E-state index in [1.54, 1.807) is 28.0 Å². The highest BCUT2D eigenvalue weighted by Gasteiger charge is 2.23. The van der Waals surface area contributed by atoms with Gasteiger partial charge in [-0.3, -0.25) is 18.6 Å². The summed E-state index contributed by atoms with van der Waals surface area (Å²) in [6, 6.07) is 1.57. The molecule has 0 bridgehead atoms. The Morgan fingerprint density at radius 3 is 2.97 bits per heavy atom. The molecule has 0 radical (unpaired) electrons. The molecular weight excluding hydrogens is 436 g/mol. The monoisotopic (exact) mass is 458 g/mol. The number of hydrogen-bond acceptors (Lipinski definition) is 7. The van der Waals surface area contributed by atoms with Crippen molar-refractivity contribution in [3.63, 3.8) is 0 Å². The van der Waals surface area contributed by atoms with Crippen LogP contribution in [0.5, 0.6) is 0 Å². The molecule has 4 aromatic rings. The van der Waals surface area contributed by atoms with Crippen LogP contribution in [0.25, 0.3) is 15.2 Å². The van der Waals surface area contributed by atoms with Crippen molar-refractivity contribution >= 4 is 49.6 Å². The van der Waals surface area contributed by atoms with E-state index in [4.69, 9.17) is 4.98 Å². The largest absolute Gasteiger partial charge is 0.287 e. The van der Waals surface area contributed by atoms with Gasteiger partial charge >= 0.3 is 0 Å². The van der Waals surface area contributed by atoms with Crippen molar-refractivity contribution in [1.29, 1.82) is 0 Å². The van der Waals surface area contributed by atoms with Gasteiger partial charge in [0.15, 0.2) is 10.1 Å². The van der Waals surface area contributed by atoms with E-state index >= 15 is 0 Å². The number of rotatable bonds is 7. The van der Waals surface area contributed by atoms with Crippen LogP contribution in [0.3, 0.4) is 0 Å². The first-order valence-corrected chi connectivity index (χ1v) is 13.0. The third-order valence-corrected chi connectivity index (χ3v) is 8.43. The third-order valence-electron chi connectivity index (χ3n) is 5.48. The molecule has 4 aromatic heterocycles. The first kappa shape index (κ1) is 20.0. The number of nitrogens with zero attached hydrogens (tertiary/aromatic N) is 4. The number of aromatic nitrogens is 4. The van der Waals surface area contributed by atoms with Crippen molar-refractivity contribution in [3.8, 4) is 0 Å². The van der Waals surface area contributed by atoms with E-state index in [0.29, 0.717) is 17.3 Å². The van der Waals surface area contributed by atoms with Crippen LogP contribution in [-0.2, 0) is 25.1 Å². The fourth-order valence-corrected chi connectivity index (χ4v) is 6.94. The van der Waals surface area contributed by atoms with Crippen molar-refractivity contribution in [2.45, 2.75) is 62.9 Å². The van der Waals surface area contributed by atoms with Gasteiger partial charge in [0.1, 0.15) is 4.83 Å². The average Bonchev–Trinajstić information content (AvgIpc) is 3.44. The molecule has 0 atom stereocenters. The Hall–Kier alpha value is -1.97. The molecule has 0 saturated heterocycles. The lowest BCUT2D eigenvalue weighted by molar-refractivity contribution is 0.542. The molecule has 5 rings (SSSR count). The van der Waals surface area contributed by atoms with Gasteiger partial charge in [-0.25, -0.2) is 9.97 Å². The Kier molecular flexibility index (Phi) is 5.51. The quantitative estimate of drug-likeness (QED) is 0.232. The number of unbranched alkanes of at least 4 members (excludes halogenated alkanes) is 2. The molecule has 0 aliphatic heterocycles. The first-order chi connectivity index (χ1) is 14.7.